The van der Waals surface area contributed by atoms with E-state index in [9.17, 15) is 9.59 Å². The van der Waals surface area contributed by atoms with Crippen LogP contribution in [0.5, 0.6) is 0 Å². The molecule has 11 heteroatoms. The summed E-state index contributed by atoms with van der Waals surface area (Å²) in [6.45, 7) is 2.09. The fourth-order valence-electron chi connectivity index (χ4n) is 1.94. The van der Waals surface area contributed by atoms with Crippen molar-refractivity contribution in [2.75, 3.05) is 23.9 Å². The Morgan fingerprint density at radius 1 is 1.31 bits per heavy atom. The fourth-order valence-corrected chi connectivity index (χ4v) is 4.87. The molecule has 0 aliphatic carbocycles. The number of fused-ring (bicyclic) bond motifs is 1. The van der Waals surface area contributed by atoms with E-state index >= 15 is 0 Å². The molecule has 3 rings (SSSR count). The molecule has 1 amide bonds. The Hall–Kier alpha value is -1.69. The highest BCUT2D eigenvalue weighted by Gasteiger charge is 2.13. The van der Waals surface area contributed by atoms with Gasteiger partial charge in [-0.15, -0.1) is 0 Å². The van der Waals surface area contributed by atoms with E-state index < -0.39 is 0 Å². The summed E-state index contributed by atoms with van der Waals surface area (Å²) in [5.74, 6) is -0.306. The monoisotopic (exact) mass is 426 g/mol. The number of nitrogens with one attached hydrogen (secondary N) is 1. The summed E-state index contributed by atoms with van der Waals surface area (Å²) < 4.78 is 10.7. The van der Waals surface area contributed by atoms with Gasteiger partial charge in [-0.3, -0.25) is 4.79 Å². The molecule has 3 aromatic rings. The maximum atomic E-state index is 12.1. The third kappa shape index (κ3) is 4.72. The van der Waals surface area contributed by atoms with E-state index in [1.54, 1.807) is 25.1 Å². The van der Waals surface area contributed by atoms with Crippen LogP contribution in [-0.4, -0.2) is 44.8 Å². The molecule has 0 saturated carbocycles. The fraction of sp³-hybridized carbons (Fsp3) is 0.267. The van der Waals surface area contributed by atoms with Gasteiger partial charge >= 0.3 is 5.97 Å². The van der Waals surface area contributed by atoms with E-state index in [0.717, 1.165) is 14.6 Å². The molecule has 0 fully saturated rings. The van der Waals surface area contributed by atoms with Crippen LogP contribution >= 0.6 is 46.4 Å². The van der Waals surface area contributed by atoms with Crippen LogP contribution in [0.15, 0.2) is 27.7 Å². The van der Waals surface area contributed by atoms with Crippen LogP contribution < -0.4 is 5.32 Å². The highest BCUT2D eigenvalue weighted by Crippen LogP contribution is 2.28. The first-order valence-corrected chi connectivity index (χ1v) is 11.3. The Morgan fingerprint density at radius 3 is 2.88 bits per heavy atom. The normalized spacial score (nSPS) is 10.8. The van der Waals surface area contributed by atoms with Crippen molar-refractivity contribution >= 4 is 73.6 Å². The average molecular weight is 427 g/mol. The van der Waals surface area contributed by atoms with Crippen molar-refractivity contribution in [3.8, 4) is 0 Å². The van der Waals surface area contributed by atoms with Gasteiger partial charge in [0.2, 0.25) is 11.1 Å². The number of carbonyl (C=O) groups excluding carboxylic acids is 2. The molecular weight excluding hydrogens is 412 g/mol. The minimum absolute atomic E-state index is 0.166. The van der Waals surface area contributed by atoms with Gasteiger partial charge in [-0.05, 0) is 42.9 Å². The lowest BCUT2D eigenvalue weighted by molar-refractivity contribution is -0.113. The van der Waals surface area contributed by atoms with Gasteiger partial charge in [-0.25, -0.2) is 14.8 Å². The van der Waals surface area contributed by atoms with Gasteiger partial charge in [0.25, 0.3) is 0 Å². The van der Waals surface area contributed by atoms with Crippen LogP contribution in [0.25, 0.3) is 10.2 Å². The molecule has 0 saturated heterocycles. The number of rotatable bonds is 7. The van der Waals surface area contributed by atoms with Crippen LogP contribution in [0.4, 0.5) is 5.13 Å². The van der Waals surface area contributed by atoms with E-state index in [1.807, 2.05) is 6.26 Å². The quantitative estimate of drug-likeness (QED) is 0.451. The number of amides is 1. The van der Waals surface area contributed by atoms with E-state index in [2.05, 4.69) is 19.7 Å². The van der Waals surface area contributed by atoms with Gasteiger partial charge in [0.1, 0.15) is 0 Å². The number of aromatic nitrogens is 3. The second-order valence-corrected chi connectivity index (χ2v) is 8.58. The van der Waals surface area contributed by atoms with Crippen molar-refractivity contribution in [1.82, 2.24) is 14.3 Å². The number of hydrogen-bond donors (Lipinski definition) is 1. The second kappa shape index (κ2) is 8.80. The summed E-state index contributed by atoms with van der Waals surface area (Å²) in [6.07, 6.45) is 1.91. The third-order valence-electron chi connectivity index (χ3n) is 3.04. The molecule has 0 radical (unpaired) electrons. The predicted molar refractivity (Wildman–Crippen MR) is 107 cm³/mol. The molecule has 0 bridgehead atoms. The summed E-state index contributed by atoms with van der Waals surface area (Å²) in [5.41, 5.74) is 1.19. The molecule has 2 aromatic heterocycles. The SMILES string of the molecule is CCOC(=O)c1ccc2nc(NC(=O)CSc3nc(SC)ns3)sc2c1. The van der Waals surface area contributed by atoms with Crippen molar-refractivity contribution in [3.05, 3.63) is 23.8 Å². The summed E-state index contributed by atoms with van der Waals surface area (Å²) in [7, 11) is 0. The van der Waals surface area contributed by atoms with Gasteiger partial charge in [-0.2, -0.15) is 4.37 Å². The number of esters is 1. The zero-order valence-corrected chi connectivity index (χ0v) is 17.1. The minimum atomic E-state index is -0.369. The van der Waals surface area contributed by atoms with Crippen molar-refractivity contribution in [2.45, 2.75) is 16.4 Å². The maximum Gasteiger partial charge on any atom is 0.338 e. The third-order valence-corrected chi connectivity index (χ3v) is 6.47. The molecule has 2 heterocycles. The first kappa shape index (κ1) is 19.1. The van der Waals surface area contributed by atoms with Crippen LogP contribution in [0.2, 0.25) is 0 Å². The standard InChI is InChI=1S/C15H14N4O3S4/c1-3-22-12(21)8-4-5-9-10(6-8)25-13(16-9)17-11(20)7-24-15-18-14(23-2)19-26-15/h4-6H,3,7H2,1-2H3,(H,16,17,20). The van der Waals surface area contributed by atoms with Crippen LogP contribution in [0.3, 0.4) is 0 Å². The second-order valence-electron chi connectivity index (χ2n) is 4.81. The summed E-state index contributed by atoms with van der Waals surface area (Å²) in [5, 5.41) is 3.98. The number of nitrogens with zero attached hydrogens (tertiary/aromatic N) is 3. The van der Waals surface area contributed by atoms with Crippen molar-refractivity contribution < 1.29 is 14.3 Å². The Kier molecular flexibility index (Phi) is 6.46. The number of ether oxygens (including phenoxy) is 1. The molecule has 0 atom stereocenters. The molecule has 0 spiro atoms. The lowest BCUT2D eigenvalue weighted by atomic mass is 10.2. The zero-order valence-electron chi connectivity index (χ0n) is 13.8. The van der Waals surface area contributed by atoms with E-state index in [1.165, 1.54) is 46.4 Å². The molecule has 7 nitrogen and oxygen atoms in total. The largest absolute Gasteiger partial charge is 0.462 e. The Bertz CT molecular complexity index is 940. The number of carbonyl (C=O) groups is 2. The lowest BCUT2D eigenvalue weighted by Gasteiger charge is -2.00. The topological polar surface area (TPSA) is 94.1 Å². The average Bonchev–Trinajstić information content (AvgIpc) is 3.25. The lowest BCUT2D eigenvalue weighted by Crippen LogP contribution is -2.13. The highest BCUT2D eigenvalue weighted by molar-refractivity contribution is 8.01. The van der Waals surface area contributed by atoms with Crippen LogP contribution in [0.1, 0.15) is 17.3 Å². The van der Waals surface area contributed by atoms with Gasteiger partial charge in [0, 0.05) is 0 Å². The van der Waals surface area contributed by atoms with Crippen molar-refractivity contribution in [3.63, 3.8) is 0 Å². The number of thioether (sulfide) groups is 2. The molecular formula is C15H14N4O3S4. The molecule has 1 aromatic carbocycles. The van der Waals surface area contributed by atoms with Gasteiger partial charge in [0.05, 0.1) is 28.1 Å². The summed E-state index contributed by atoms with van der Waals surface area (Å²) >= 11 is 5.40. The number of benzene rings is 1. The molecule has 0 aliphatic rings. The van der Waals surface area contributed by atoms with Gasteiger partial charge in [0.15, 0.2) is 9.47 Å². The van der Waals surface area contributed by atoms with E-state index in [-0.39, 0.29) is 17.6 Å². The first-order valence-electron chi connectivity index (χ1n) is 7.47. The van der Waals surface area contributed by atoms with Crippen LogP contribution in [-0.2, 0) is 9.53 Å². The van der Waals surface area contributed by atoms with Crippen molar-refractivity contribution in [2.24, 2.45) is 0 Å². The Morgan fingerprint density at radius 2 is 2.15 bits per heavy atom. The molecule has 0 aliphatic heterocycles. The smallest absolute Gasteiger partial charge is 0.338 e. The van der Waals surface area contributed by atoms with Crippen molar-refractivity contribution in [1.29, 1.82) is 0 Å². The molecule has 0 unspecified atom stereocenters. The van der Waals surface area contributed by atoms with Gasteiger partial charge < -0.3 is 10.1 Å². The Labute approximate surface area is 166 Å². The van der Waals surface area contributed by atoms with E-state index in [0.29, 0.717) is 22.5 Å². The van der Waals surface area contributed by atoms with Gasteiger partial charge in [-0.1, -0.05) is 34.9 Å². The highest BCUT2D eigenvalue weighted by atomic mass is 32.2. The zero-order chi connectivity index (χ0) is 18.5. The molecule has 136 valence electrons. The number of thiazole rings is 1. The number of hydrogen-bond acceptors (Lipinski definition) is 10. The molecule has 26 heavy (non-hydrogen) atoms. The predicted octanol–water partition coefficient (Wildman–Crippen LogP) is 3.78. The minimum Gasteiger partial charge on any atom is -0.462 e. The summed E-state index contributed by atoms with van der Waals surface area (Å²) in [6, 6.07) is 5.13. The summed E-state index contributed by atoms with van der Waals surface area (Å²) in [4.78, 5) is 32.6. The van der Waals surface area contributed by atoms with Crippen LogP contribution in [0, 0.1) is 0 Å². The molecule has 1 N–H and O–H groups in total. The first-order chi connectivity index (χ1) is 12.6. The van der Waals surface area contributed by atoms with E-state index in [4.69, 9.17) is 4.74 Å². The maximum absolute atomic E-state index is 12.1. The Balaban J connectivity index is 1.62. The number of anilines is 1.